The molecule has 0 radical (unpaired) electrons. The highest BCUT2D eigenvalue weighted by Gasteiger charge is 2.06. The predicted molar refractivity (Wildman–Crippen MR) is 91.2 cm³/mol. The molecule has 128 valence electrons. The fourth-order valence-electron chi connectivity index (χ4n) is 2.65. The summed E-state index contributed by atoms with van der Waals surface area (Å²) in [6.07, 6.45) is 16.1. The van der Waals surface area contributed by atoms with Gasteiger partial charge in [-0.2, -0.15) is 4.79 Å². The molecule has 0 atom stereocenters. The van der Waals surface area contributed by atoms with Gasteiger partial charge in [-0.3, -0.25) is 4.79 Å². The maximum atomic E-state index is 10.4. The monoisotopic (exact) mass is 310 g/mol. The van der Waals surface area contributed by atoms with Crippen molar-refractivity contribution in [1.82, 2.24) is 0 Å². The van der Waals surface area contributed by atoms with Gasteiger partial charge >= 0.3 is 5.97 Å². The Hall–Kier alpha value is -1.15. The summed E-state index contributed by atoms with van der Waals surface area (Å²) in [4.78, 5) is 13.8. The molecule has 4 heteroatoms. The van der Waals surface area contributed by atoms with Crippen LogP contribution in [0.2, 0.25) is 0 Å². The van der Waals surface area contributed by atoms with Gasteiger partial charge in [-0.1, -0.05) is 64.7 Å². The zero-order valence-electron chi connectivity index (χ0n) is 14.4. The molecule has 0 fully saturated rings. The standard InChI is InChI=1S/C18H34N2O2/c1-2-3-11-14-17(20-19)15-12-9-7-5-4-6-8-10-13-16-18(21)22/h2-16H2,1H3,(H,21,22). The topological polar surface area (TPSA) is 73.7 Å². The second-order valence-corrected chi connectivity index (χ2v) is 6.20. The normalized spacial score (nSPS) is 10.4. The lowest BCUT2D eigenvalue weighted by Crippen LogP contribution is -1.99. The lowest BCUT2D eigenvalue weighted by Gasteiger charge is -2.01. The number of hydrogen-bond acceptors (Lipinski definition) is 1. The molecule has 0 rings (SSSR count). The fourth-order valence-corrected chi connectivity index (χ4v) is 2.65. The van der Waals surface area contributed by atoms with Gasteiger partial charge in [0, 0.05) is 19.3 Å². The zero-order chi connectivity index (χ0) is 16.5. The molecule has 0 aromatic carbocycles. The van der Waals surface area contributed by atoms with E-state index in [1.54, 1.807) is 0 Å². The summed E-state index contributed by atoms with van der Waals surface area (Å²) in [5, 5.41) is 8.53. The van der Waals surface area contributed by atoms with Crippen LogP contribution in [0.15, 0.2) is 0 Å². The van der Waals surface area contributed by atoms with E-state index in [1.807, 2.05) is 0 Å². The van der Waals surface area contributed by atoms with Crippen LogP contribution in [0.1, 0.15) is 103 Å². The third-order valence-corrected chi connectivity index (χ3v) is 4.07. The van der Waals surface area contributed by atoms with Crippen molar-refractivity contribution >= 4 is 11.7 Å². The minimum Gasteiger partial charge on any atom is -0.481 e. The highest BCUT2D eigenvalue weighted by molar-refractivity contribution is 5.78. The number of hydrogen-bond donors (Lipinski definition) is 1. The van der Waals surface area contributed by atoms with E-state index in [9.17, 15) is 4.79 Å². The van der Waals surface area contributed by atoms with Crippen LogP contribution in [0.4, 0.5) is 0 Å². The van der Waals surface area contributed by atoms with Crippen molar-refractivity contribution in [2.45, 2.75) is 103 Å². The number of carboxylic acid groups (broad SMARTS) is 1. The molecule has 0 heterocycles. The SMILES string of the molecule is CCCCCC(CCCCCCCCCCCC(=O)O)=[N+]=[N-]. The summed E-state index contributed by atoms with van der Waals surface area (Å²) in [5.74, 6) is -0.680. The molecule has 0 spiro atoms. The average Bonchev–Trinajstić information content (AvgIpc) is 2.50. The van der Waals surface area contributed by atoms with Crippen LogP contribution >= 0.6 is 0 Å². The maximum Gasteiger partial charge on any atom is 0.303 e. The number of aliphatic carboxylic acids is 1. The largest absolute Gasteiger partial charge is 0.481 e. The molecule has 0 saturated carbocycles. The minimum atomic E-state index is -0.680. The zero-order valence-corrected chi connectivity index (χ0v) is 14.4. The molecule has 0 aliphatic rings. The Morgan fingerprint density at radius 2 is 1.18 bits per heavy atom. The molecule has 0 saturated heterocycles. The molecule has 4 nitrogen and oxygen atoms in total. The van der Waals surface area contributed by atoms with E-state index in [1.165, 1.54) is 44.9 Å². The lowest BCUT2D eigenvalue weighted by molar-refractivity contribution is -0.137. The first kappa shape index (κ1) is 20.9. The fraction of sp³-hybridized carbons (Fsp3) is 0.889. The summed E-state index contributed by atoms with van der Waals surface area (Å²) in [6, 6.07) is 0. The van der Waals surface area contributed by atoms with Crippen molar-refractivity contribution in [3.05, 3.63) is 5.53 Å². The van der Waals surface area contributed by atoms with E-state index in [2.05, 4.69) is 11.7 Å². The summed E-state index contributed by atoms with van der Waals surface area (Å²) in [7, 11) is 0. The first-order valence-corrected chi connectivity index (χ1v) is 9.12. The van der Waals surface area contributed by atoms with Crippen LogP contribution in [-0.2, 0) is 4.79 Å². The van der Waals surface area contributed by atoms with E-state index >= 15 is 0 Å². The number of carboxylic acids is 1. The molecule has 0 bridgehead atoms. The molecule has 1 N–H and O–H groups in total. The van der Waals surface area contributed by atoms with E-state index in [0.717, 1.165) is 50.7 Å². The molecule has 0 unspecified atom stereocenters. The van der Waals surface area contributed by atoms with E-state index in [4.69, 9.17) is 10.6 Å². The quantitative estimate of drug-likeness (QED) is 0.174. The molecule has 0 aromatic rings. The van der Waals surface area contributed by atoms with Gasteiger partial charge in [0.1, 0.15) is 0 Å². The van der Waals surface area contributed by atoms with Gasteiger partial charge in [-0.05, 0) is 19.3 Å². The lowest BCUT2D eigenvalue weighted by atomic mass is 10.0. The smallest absolute Gasteiger partial charge is 0.303 e. The van der Waals surface area contributed by atoms with Crippen molar-refractivity contribution in [2.24, 2.45) is 0 Å². The number of nitrogens with zero attached hydrogens (tertiary/aromatic N) is 2. The van der Waals surface area contributed by atoms with Crippen molar-refractivity contribution in [3.63, 3.8) is 0 Å². The molecule has 0 aromatic heterocycles. The summed E-state index contributed by atoms with van der Waals surface area (Å²) >= 11 is 0. The Balaban J connectivity index is 3.28. The van der Waals surface area contributed by atoms with E-state index in [-0.39, 0.29) is 0 Å². The van der Waals surface area contributed by atoms with E-state index < -0.39 is 5.97 Å². The van der Waals surface area contributed by atoms with Gasteiger partial charge in [0.2, 0.25) is 0 Å². The van der Waals surface area contributed by atoms with Gasteiger partial charge in [0.25, 0.3) is 5.71 Å². The van der Waals surface area contributed by atoms with Gasteiger partial charge in [0.05, 0.1) is 0 Å². The van der Waals surface area contributed by atoms with E-state index in [0.29, 0.717) is 6.42 Å². The maximum absolute atomic E-state index is 10.4. The molecular formula is C18H34N2O2. The van der Waals surface area contributed by atoms with Crippen molar-refractivity contribution in [1.29, 1.82) is 0 Å². The van der Waals surface area contributed by atoms with Crippen molar-refractivity contribution < 1.29 is 14.7 Å². The van der Waals surface area contributed by atoms with Crippen LogP contribution in [0.3, 0.4) is 0 Å². The molecule has 0 aliphatic carbocycles. The average molecular weight is 310 g/mol. The molecule has 0 aliphatic heterocycles. The molecule has 22 heavy (non-hydrogen) atoms. The highest BCUT2D eigenvalue weighted by Crippen LogP contribution is 2.12. The second-order valence-electron chi connectivity index (χ2n) is 6.20. The first-order chi connectivity index (χ1) is 10.7. The van der Waals surface area contributed by atoms with Crippen LogP contribution in [0, 0.1) is 0 Å². The van der Waals surface area contributed by atoms with Crippen LogP contribution < -0.4 is 0 Å². The van der Waals surface area contributed by atoms with Crippen molar-refractivity contribution in [3.8, 4) is 0 Å². The highest BCUT2D eigenvalue weighted by atomic mass is 16.4. The van der Waals surface area contributed by atoms with Crippen LogP contribution in [0.25, 0.3) is 5.53 Å². The third-order valence-electron chi connectivity index (χ3n) is 4.07. The number of carbonyl (C=O) groups is 1. The predicted octanol–water partition coefficient (Wildman–Crippen LogP) is 5.61. The van der Waals surface area contributed by atoms with Crippen molar-refractivity contribution in [2.75, 3.05) is 0 Å². The third kappa shape index (κ3) is 15.2. The summed E-state index contributed by atoms with van der Waals surface area (Å²) in [6.45, 7) is 2.18. The van der Waals surface area contributed by atoms with Gasteiger partial charge in [-0.15, -0.1) is 0 Å². The Kier molecular flexibility index (Phi) is 15.4. The van der Waals surface area contributed by atoms with Gasteiger partial charge < -0.3 is 10.6 Å². The second kappa shape index (κ2) is 16.2. The number of unbranched alkanes of at least 4 members (excludes halogenated alkanes) is 10. The summed E-state index contributed by atoms with van der Waals surface area (Å²) in [5.41, 5.74) is 9.92. The van der Waals surface area contributed by atoms with Gasteiger partial charge in [0.15, 0.2) is 0 Å². The minimum absolute atomic E-state index is 0.312. The van der Waals surface area contributed by atoms with Crippen LogP contribution in [-0.4, -0.2) is 21.6 Å². The number of rotatable bonds is 16. The Morgan fingerprint density at radius 1 is 0.773 bits per heavy atom. The first-order valence-electron chi connectivity index (χ1n) is 9.12. The summed E-state index contributed by atoms with van der Waals surface area (Å²) < 4.78 is 0. The van der Waals surface area contributed by atoms with Gasteiger partial charge in [-0.25, -0.2) is 0 Å². The van der Waals surface area contributed by atoms with Crippen LogP contribution in [0.5, 0.6) is 0 Å². The Labute approximate surface area is 135 Å². The molecule has 0 amide bonds. The molecular weight excluding hydrogens is 276 g/mol. The Bertz CT molecular complexity index is 323. The Morgan fingerprint density at radius 3 is 1.59 bits per heavy atom.